The fourth-order valence-electron chi connectivity index (χ4n) is 2.88. The fraction of sp³-hybridized carbons (Fsp3) is 0.500. The summed E-state index contributed by atoms with van der Waals surface area (Å²) in [5.41, 5.74) is 5.60. The second-order valence-corrected chi connectivity index (χ2v) is 7.94. The minimum Gasteiger partial charge on any atom is -0.445 e. The number of nitro groups is 1. The van der Waals surface area contributed by atoms with Gasteiger partial charge in [-0.2, -0.15) is 11.8 Å². The highest BCUT2D eigenvalue weighted by atomic mass is 32.2. The SMILES string of the molecule is CN(C(N)=O)C(=O)CCSCC1CC(O)CN1C(=O)OCc1ccc([N+](=O)[O-])cc1. The number of urea groups is 1. The van der Waals surface area contributed by atoms with Gasteiger partial charge in [-0.05, 0) is 24.1 Å². The van der Waals surface area contributed by atoms with Crippen molar-refractivity contribution in [2.45, 2.75) is 31.6 Å². The second kappa shape index (κ2) is 10.8. The second-order valence-electron chi connectivity index (χ2n) is 6.79. The van der Waals surface area contributed by atoms with Crippen molar-refractivity contribution in [3.8, 4) is 0 Å². The Morgan fingerprint density at radius 3 is 2.63 bits per heavy atom. The van der Waals surface area contributed by atoms with E-state index in [-0.39, 0.29) is 37.2 Å². The molecule has 164 valence electrons. The van der Waals surface area contributed by atoms with E-state index < -0.39 is 23.2 Å². The molecule has 0 bridgehead atoms. The average Bonchev–Trinajstić information content (AvgIpc) is 3.09. The van der Waals surface area contributed by atoms with E-state index in [2.05, 4.69) is 0 Å². The first-order chi connectivity index (χ1) is 14.2. The normalized spacial score (nSPS) is 18.1. The maximum Gasteiger partial charge on any atom is 0.410 e. The number of hydrogen-bond acceptors (Lipinski definition) is 8. The van der Waals surface area contributed by atoms with Crippen LogP contribution in [0.1, 0.15) is 18.4 Å². The number of carbonyl (C=O) groups excluding carboxylic acids is 3. The molecule has 1 heterocycles. The van der Waals surface area contributed by atoms with Crippen LogP contribution in [0, 0.1) is 10.1 Å². The van der Waals surface area contributed by atoms with E-state index in [0.29, 0.717) is 23.5 Å². The van der Waals surface area contributed by atoms with Crippen molar-refractivity contribution in [3.63, 3.8) is 0 Å². The Hall–Kier alpha value is -2.86. The van der Waals surface area contributed by atoms with Gasteiger partial charge in [0.25, 0.3) is 5.69 Å². The molecule has 3 N–H and O–H groups in total. The molecule has 0 radical (unpaired) electrons. The van der Waals surface area contributed by atoms with Gasteiger partial charge in [0.05, 0.1) is 17.6 Å². The number of imide groups is 1. The molecule has 0 saturated carbocycles. The molecule has 1 aromatic carbocycles. The number of likely N-dealkylation sites (tertiary alicyclic amines) is 1. The number of carbonyl (C=O) groups is 3. The van der Waals surface area contributed by atoms with Gasteiger partial charge in [0.2, 0.25) is 5.91 Å². The highest BCUT2D eigenvalue weighted by Gasteiger charge is 2.35. The Morgan fingerprint density at radius 2 is 2.03 bits per heavy atom. The molecule has 2 unspecified atom stereocenters. The minimum absolute atomic E-state index is 0.0444. The van der Waals surface area contributed by atoms with Crippen molar-refractivity contribution in [2.24, 2.45) is 5.73 Å². The predicted octanol–water partition coefficient (Wildman–Crippen LogP) is 1.33. The van der Waals surface area contributed by atoms with Crippen molar-refractivity contribution >= 4 is 35.5 Å². The van der Waals surface area contributed by atoms with Crippen molar-refractivity contribution in [1.82, 2.24) is 9.80 Å². The van der Waals surface area contributed by atoms with E-state index in [9.17, 15) is 29.6 Å². The van der Waals surface area contributed by atoms with Crippen molar-refractivity contribution in [3.05, 3.63) is 39.9 Å². The molecule has 12 heteroatoms. The lowest BCUT2D eigenvalue weighted by atomic mass is 10.2. The smallest absolute Gasteiger partial charge is 0.410 e. The minimum atomic E-state index is -0.814. The number of hydrogen-bond donors (Lipinski definition) is 2. The predicted molar refractivity (Wildman–Crippen MR) is 109 cm³/mol. The van der Waals surface area contributed by atoms with Crippen LogP contribution in [-0.4, -0.2) is 75.1 Å². The molecule has 2 atom stereocenters. The highest BCUT2D eigenvalue weighted by Crippen LogP contribution is 2.23. The van der Waals surface area contributed by atoms with Crippen LogP contribution in [0.15, 0.2) is 24.3 Å². The largest absolute Gasteiger partial charge is 0.445 e. The fourth-order valence-corrected chi connectivity index (χ4v) is 3.96. The van der Waals surface area contributed by atoms with Gasteiger partial charge >= 0.3 is 12.1 Å². The van der Waals surface area contributed by atoms with E-state index >= 15 is 0 Å². The molecular formula is C18H24N4O7S. The van der Waals surface area contributed by atoms with Gasteiger partial charge in [-0.3, -0.25) is 19.8 Å². The summed E-state index contributed by atoms with van der Waals surface area (Å²) in [6.07, 6.45) is -0.719. The lowest BCUT2D eigenvalue weighted by molar-refractivity contribution is -0.384. The molecular weight excluding hydrogens is 416 g/mol. The van der Waals surface area contributed by atoms with E-state index in [4.69, 9.17) is 10.5 Å². The molecule has 0 spiro atoms. The Morgan fingerprint density at radius 1 is 1.37 bits per heavy atom. The number of aliphatic hydroxyl groups is 1. The molecule has 1 aromatic rings. The third-order valence-corrected chi connectivity index (χ3v) is 5.72. The van der Waals surface area contributed by atoms with Gasteiger partial charge in [-0.15, -0.1) is 0 Å². The Labute approximate surface area is 177 Å². The molecule has 30 heavy (non-hydrogen) atoms. The van der Waals surface area contributed by atoms with Crippen LogP contribution in [0.3, 0.4) is 0 Å². The number of amides is 4. The number of thioether (sulfide) groups is 1. The molecule has 1 fully saturated rings. The lowest BCUT2D eigenvalue weighted by Crippen LogP contribution is -2.38. The van der Waals surface area contributed by atoms with Crippen molar-refractivity contribution in [2.75, 3.05) is 25.1 Å². The van der Waals surface area contributed by atoms with Gasteiger partial charge in [0.15, 0.2) is 0 Å². The number of rotatable bonds is 8. The van der Waals surface area contributed by atoms with Crippen LogP contribution >= 0.6 is 11.8 Å². The first kappa shape index (κ1) is 23.4. The molecule has 11 nitrogen and oxygen atoms in total. The van der Waals surface area contributed by atoms with E-state index in [0.717, 1.165) is 4.90 Å². The zero-order valence-electron chi connectivity index (χ0n) is 16.4. The number of nitrogens with zero attached hydrogens (tertiary/aromatic N) is 3. The number of non-ortho nitro benzene ring substituents is 1. The quantitative estimate of drug-likeness (QED) is 0.348. The van der Waals surface area contributed by atoms with Gasteiger partial charge in [-0.25, -0.2) is 9.59 Å². The number of primary amides is 1. The number of β-amino-alcohol motifs (C(OH)–C–C–N with tert-alkyl or cyclic N) is 1. The molecule has 2 rings (SSSR count). The Kier molecular flexibility index (Phi) is 8.42. The first-order valence-electron chi connectivity index (χ1n) is 9.17. The Balaban J connectivity index is 1.80. The molecule has 4 amide bonds. The molecule has 0 aliphatic carbocycles. The zero-order valence-corrected chi connectivity index (χ0v) is 17.2. The van der Waals surface area contributed by atoms with Gasteiger partial charge in [-0.1, -0.05) is 0 Å². The zero-order chi connectivity index (χ0) is 22.3. The number of aliphatic hydroxyl groups excluding tert-OH is 1. The summed E-state index contributed by atoms with van der Waals surface area (Å²) in [5.74, 6) is 0.548. The van der Waals surface area contributed by atoms with Gasteiger partial charge in [0, 0.05) is 43.1 Å². The summed E-state index contributed by atoms with van der Waals surface area (Å²) >= 11 is 1.43. The number of nitro benzene ring substituents is 1. The van der Waals surface area contributed by atoms with E-state index in [1.54, 1.807) is 0 Å². The standard InChI is InChI=1S/C18H24N4O7S/c1-20(17(19)25)16(24)6-7-30-11-14-8-15(23)9-21(14)18(26)29-10-12-2-4-13(5-3-12)22(27)28/h2-5,14-15,23H,6-11H2,1H3,(H2,19,25). The van der Waals surface area contributed by atoms with Crippen LogP contribution in [0.5, 0.6) is 0 Å². The summed E-state index contributed by atoms with van der Waals surface area (Å²) in [4.78, 5) is 47.6. The van der Waals surface area contributed by atoms with E-state index in [1.807, 2.05) is 0 Å². The van der Waals surface area contributed by atoms with Crippen LogP contribution in [0.2, 0.25) is 0 Å². The molecule has 0 aromatic heterocycles. The van der Waals surface area contributed by atoms with E-state index in [1.165, 1.54) is 48.0 Å². The molecule has 1 saturated heterocycles. The maximum absolute atomic E-state index is 12.4. The third kappa shape index (κ3) is 6.59. The van der Waals surface area contributed by atoms with Crippen LogP contribution < -0.4 is 5.73 Å². The monoisotopic (exact) mass is 440 g/mol. The summed E-state index contributed by atoms with van der Waals surface area (Å²) < 4.78 is 5.28. The average molecular weight is 440 g/mol. The summed E-state index contributed by atoms with van der Waals surface area (Å²) in [6.45, 7) is 0.102. The maximum atomic E-state index is 12.4. The van der Waals surface area contributed by atoms with Crippen LogP contribution in [-0.2, 0) is 16.1 Å². The molecule has 1 aliphatic rings. The Bertz CT molecular complexity index is 789. The topological polar surface area (TPSA) is 156 Å². The number of benzene rings is 1. The van der Waals surface area contributed by atoms with Crippen molar-refractivity contribution < 1.29 is 29.2 Å². The first-order valence-corrected chi connectivity index (χ1v) is 10.3. The summed E-state index contributed by atoms with van der Waals surface area (Å²) in [7, 11) is 1.31. The van der Waals surface area contributed by atoms with Crippen molar-refractivity contribution in [1.29, 1.82) is 0 Å². The lowest BCUT2D eigenvalue weighted by Gasteiger charge is -2.23. The number of ether oxygens (including phenoxy) is 1. The van der Waals surface area contributed by atoms with Gasteiger partial charge in [0.1, 0.15) is 6.61 Å². The number of nitrogens with two attached hydrogens (primary N) is 1. The van der Waals surface area contributed by atoms with Crippen LogP contribution in [0.25, 0.3) is 0 Å². The molecule has 1 aliphatic heterocycles. The highest BCUT2D eigenvalue weighted by molar-refractivity contribution is 7.99. The summed E-state index contributed by atoms with van der Waals surface area (Å²) in [5, 5.41) is 20.6. The summed E-state index contributed by atoms with van der Waals surface area (Å²) in [6, 6.07) is 4.62. The van der Waals surface area contributed by atoms with Gasteiger partial charge < -0.3 is 20.5 Å². The third-order valence-electron chi connectivity index (χ3n) is 4.61. The van der Waals surface area contributed by atoms with Crippen LogP contribution in [0.4, 0.5) is 15.3 Å².